The molecule has 6 unspecified atom stereocenters. The SMILES string of the molecule is CC1(C)COC(CO[N+](=O)[O-])([C@@]23OCO[C@@H]2CC2C4CCC5=CC(=O)C=C[C@]5(C)C4C(O[N+](=O)[O-])C[C@@]23C)[NH+]1[O-]. The number of rotatable bonds is 6. The lowest BCUT2D eigenvalue weighted by molar-refractivity contribution is -0.967. The molecule has 220 valence electrons. The maximum atomic E-state index is 14.2. The van der Waals surface area contributed by atoms with Gasteiger partial charge in [-0.1, -0.05) is 25.5 Å². The van der Waals surface area contributed by atoms with Crippen LogP contribution in [0.15, 0.2) is 23.8 Å². The van der Waals surface area contributed by atoms with E-state index in [2.05, 4.69) is 0 Å². The zero-order chi connectivity index (χ0) is 28.9. The lowest BCUT2D eigenvalue weighted by atomic mass is 9.45. The fourth-order valence-corrected chi connectivity index (χ4v) is 9.58. The Morgan fingerprint density at radius 1 is 1.15 bits per heavy atom. The highest BCUT2D eigenvalue weighted by atomic mass is 17.0. The summed E-state index contributed by atoms with van der Waals surface area (Å²) < 4.78 is 18.8. The van der Waals surface area contributed by atoms with E-state index in [1.807, 2.05) is 19.9 Å². The first kappa shape index (κ1) is 27.5. The number of nitrogens with one attached hydrogen (secondary N) is 1. The van der Waals surface area contributed by atoms with Crippen molar-refractivity contribution in [3.8, 4) is 0 Å². The summed E-state index contributed by atoms with van der Waals surface area (Å²) in [6.45, 7) is 6.49. The van der Waals surface area contributed by atoms with Crippen molar-refractivity contribution >= 4 is 5.78 Å². The highest BCUT2D eigenvalue weighted by Gasteiger charge is 2.83. The molecule has 1 N–H and O–H groups in total. The fourth-order valence-electron chi connectivity index (χ4n) is 9.58. The zero-order valence-electron chi connectivity index (χ0n) is 23.0. The van der Waals surface area contributed by atoms with Crippen LogP contribution in [0.1, 0.15) is 53.4 Å². The van der Waals surface area contributed by atoms with Gasteiger partial charge in [0.2, 0.25) is 0 Å². The number of allylic oxidation sites excluding steroid dienone is 4. The molecule has 2 aliphatic heterocycles. The Kier molecular flexibility index (Phi) is 5.97. The third-order valence-electron chi connectivity index (χ3n) is 11.0. The van der Waals surface area contributed by atoms with Crippen LogP contribution in [-0.2, 0) is 28.7 Å². The second-order valence-electron chi connectivity index (χ2n) is 13.2. The van der Waals surface area contributed by atoms with E-state index in [4.69, 9.17) is 23.9 Å². The van der Waals surface area contributed by atoms with Crippen LogP contribution in [0.4, 0.5) is 0 Å². The molecule has 4 aliphatic carbocycles. The Morgan fingerprint density at radius 2 is 1.90 bits per heavy atom. The summed E-state index contributed by atoms with van der Waals surface area (Å²) in [5.74, 6) is -0.705. The van der Waals surface area contributed by atoms with Gasteiger partial charge in [0.25, 0.3) is 15.9 Å². The Balaban J connectivity index is 1.50. The summed E-state index contributed by atoms with van der Waals surface area (Å²) in [6, 6.07) is 0. The van der Waals surface area contributed by atoms with Crippen molar-refractivity contribution in [2.24, 2.45) is 28.6 Å². The third kappa shape index (κ3) is 3.36. The number of quaternary nitrogens is 1. The molecular formula is C26H35N3O11. The Morgan fingerprint density at radius 3 is 2.55 bits per heavy atom. The molecule has 2 heterocycles. The fraction of sp³-hybridized carbons (Fsp3) is 0.808. The van der Waals surface area contributed by atoms with E-state index in [-0.39, 0.29) is 48.4 Å². The number of hydroxylamine groups is 2. The lowest BCUT2D eigenvalue weighted by Gasteiger charge is -2.62. The summed E-state index contributed by atoms with van der Waals surface area (Å²) in [6.07, 6.45) is 5.26. The largest absolute Gasteiger partial charge is 0.632 e. The molecule has 0 aromatic heterocycles. The van der Waals surface area contributed by atoms with Gasteiger partial charge in [-0.3, -0.25) is 4.79 Å². The summed E-state index contributed by atoms with van der Waals surface area (Å²) in [5.41, 5.74) is -5.05. The molecule has 10 atom stereocenters. The van der Waals surface area contributed by atoms with Crippen molar-refractivity contribution in [3.05, 3.63) is 49.2 Å². The van der Waals surface area contributed by atoms with Gasteiger partial charge < -0.3 is 34.2 Å². The second kappa shape index (κ2) is 8.68. The van der Waals surface area contributed by atoms with Crippen LogP contribution in [0.2, 0.25) is 0 Å². The number of ether oxygens (including phenoxy) is 3. The van der Waals surface area contributed by atoms with Gasteiger partial charge in [0, 0.05) is 16.7 Å². The van der Waals surface area contributed by atoms with Crippen molar-refractivity contribution in [3.63, 3.8) is 0 Å². The molecule has 14 heteroatoms. The van der Waals surface area contributed by atoms with Gasteiger partial charge in [-0.05, 0) is 63.5 Å². The number of carbonyl (C=O) groups excluding carboxylic acids is 1. The average molecular weight is 566 g/mol. The van der Waals surface area contributed by atoms with Crippen molar-refractivity contribution in [1.29, 1.82) is 0 Å². The van der Waals surface area contributed by atoms with E-state index in [1.54, 1.807) is 19.9 Å². The molecule has 5 fully saturated rings. The number of nitrogens with zero attached hydrogens (tertiary/aromatic N) is 2. The van der Waals surface area contributed by atoms with E-state index in [0.717, 1.165) is 5.57 Å². The van der Waals surface area contributed by atoms with Crippen LogP contribution in [-0.4, -0.2) is 65.0 Å². The predicted octanol–water partition coefficient (Wildman–Crippen LogP) is 1.30. The van der Waals surface area contributed by atoms with Gasteiger partial charge in [-0.2, -0.15) is 0 Å². The van der Waals surface area contributed by atoms with Crippen LogP contribution in [0.3, 0.4) is 0 Å². The van der Waals surface area contributed by atoms with E-state index < -0.39 is 56.7 Å². The predicted molar refractivity (Wildman–Crippen MR) is 133 cm³/mol. The Labute approximate surface area is 230 Å². The van der Waals surface area contributed by atoms with Crippen LogP contribution < -0.4 is 5.06 Å². The topological polar surface area (TPSA) is 177 Å². The molecule has 2 saturated heterocycles. The number of carbonyl (C=O) groups is 1. The molecule has 0 bridgehead atoms. The Hall–Kier alpha value is -2.65. The molecule has 0 aromatic carbocycles. The minimum atomic E-state index is -1.87. The summed E-state index contributed by atoms with van der Waals surface area (Å²) in [7, 11) is 0. The summed E-state index contributed by atoms with van der Waals surface area (Å²) in [5, 5.41) is 35.3. The first-order valence-corrected chi connectivity index (χ1v) is 13.7. The van der Waals surface area contributed by atoms with Crippen LogP contribution >= 0.6 is 0 Å². The van der Waals surface area contributed by atoms with Gasteiger partial charge in [0.05, 0.1) is 6.10 Å². The number of fused-ring (bicyclic) bond motifs is 7. The molecule has 6 aliphatic rings. The van der Waals surface area contributed by atoms with Crippen molar-refractivity contribution in [1.82, 2.24) is 0 Å². The molecule has 6 rings (SSSR count). The molecule has 0 amide bonds. The zero-order valence-corrected chi connectivity index (χ0v) is 23.0. The minimum absolute atomic E-state index is 0.00257. The highest BCUT2D eigenvalue weighted by Crippen LogP contribution is 2.71. The number of hydrogen-bond acceptors (Lipinski definition) is 11. The molecule has 14 nitrogen and oxygen atoms in total. The van der Waals surface area contributed by atoms with E-state index in [1.165, 1.54) is 6.08 Å². The maximum Gasteiger partial charge on any atom is 0.294 e. The summed E-state index contributed by atoms with van der Waals surface area (Å²) >= 11 is 0. The van der Waals surface area contributed by atoms with Crippen LogP contribution in [0, 0.1) is 54.0 Å². The van der Waals surface area contributed by atoms with Crippen LogP contribution in [0.5, 0.6) is 0 Å². The first-order valence-electron chi connectivity index (χ1n) is 13.7. The van der Waals surface area contributed by atoms with Crippen molar-refractivity contribution in [2.75, 3.05) is 20.0 Å². The molecule has 0 aromatic rings. The molecule has 3 saturated carbocycles. The minimum Gasteiger partial charge on any atom is -0.632 e. The highest BCUT2D eigenvalue weighted by molar-refractivity contribution is 6.01. The molecule has 0 spiro atoms. The average Bonchev–Trinajstić information content (AvgIpc) is 3.48. The van der Waals surface area contributed by atoms with Gasteiger partial charge in [-0.15, -0.1) is 20.2 Å². The smallest absolute Gasteiger partial charge is 0.294 e. The monoisotopic (exact) mass is 565 g/mol. The molecular weight excluding hydrogens is 530 g/mol. The van der Waals surface area contributed by atoms with Gasteiger partial charge in [-0.25, -0.2) is 0 Å². The van der Waals surface area contributed by atoms with Gasteiger partial charge in [0.15, 0.2) is 18.0 Å². The van der Waals surface area contributed by atoms with Gasteiger partial charge >= 0.3 is 0 Å². The normalized spacial score (nSPS) is 48.4. The number of ketones is 1. The quantitative estimate of drug-likeness (QED) is 0.279. The van der Waals surface area contributed by atoms with Crippen molar-refractivity contribution < 1.29 is 43.9 Å². The van der Waals surface area contributed by atoms with Crippen molar-refractivity contribution in [2.45, 2.75) is 82.5 Å². The standard InChI is InChI=1S/C26H35N3O11/c1-22(2)12-37-25(27(22)31,13-39-28(32)33)26-20(36-14-38-26)10-18-17-6-5-15-9-16(30)7-8-23(15,3)21(17)19(40-29(34)35)11-24(18,26)4/h7-9,17-21,27H,5-6,10-14H2,1-4H3/t17?,18?,19?,20-,21?,23+,24+,25?,26-/m1/s1. The first-order chi connectivity index (χ1) is 18.7. The Bertz CT molecular complexity index is 1210. The molecule has 0 radical (unpaired) electrons. The van der Waals surface area contributed by atoms with E-state index in [9.17, 15) is 30.2 Å². The van der Waals surface area contributed by atoms with E-state index in [0.29, 0.717) is 19.3 Å². The van der Waals surface area contributed by atoms with E-state index >= 15 is 0 Å². The maximum absolute atomic E-state index is 14.2. The lowest BCUT2D eigenvalue weighted by Crippen LogP contribution is -3.24. The third-order valence-corrected chi connectivity index (χ3v) is 11.0. The second-order valence-corrected chi connectivity index (χ2v) is 13.2. The van der Waals surface area contributed by atoms with Gasteiger partial charge in [0.1, 0.15) is 25.0 Å². The summed E-state index contributed by atoms with van der Waals surface area (Å²) in [4.78, 5) is 45.8. The van der Waals surface area contributed by atoms with Crippen LogP contribution in [0.25, 0.3) is 0 Å². The number of hydrogen-bond donors (Lipinski definition) is 1. The molecule has 40 heavy (non-hydrogen) atoms.